The summed E-state index contributed by atoms with van der Waals surface area (Å²) in [5.41, 5.74) is 6.83. The van der Waals surface area contributed by atoms with Crippen molar-refractivity contribution in [1.82, 2.24) is 15.0 Å². The first kappa shape index (κ1) is 11.9. The Bertz CT molecular complexity index is 700. The molecule has 94 valence electrons. The van der Waals surface area contributed by atoms with Crippen LogP contribution in [0.15, 0.2) is 53.7 Å². The molecule has 0 saturated carbocycles. The molecule has 0 atom stereocenters. The molecule has 2 aromatic heterocycles. The Labute approximate surface area is 115 Å². The molecule has 5 heteroatoms. The predicted molar refractivity (Wildman–Crippen MR) is 77.7 cm³/mol. The lowest BCUT2D eigenvalue weighted by atomic mass is 10.2. The number of hydrogen-bond acceptors (Lipinski definition) is 5. The topological polar surface area (TPSA) is 64.7 Å². The molecule has 0 aliphatic heterocycles. The third kappa shape index (κ3) is 2.66. The van der Waals surface area contributed by atoms with E-state index < -0.39 is 0 Å². The van der Waals surface area contributed by atoms with Crippen LogP contribution in [0.4, 0.5) is 5.82 Å². The molecule has 0 aliphatic carbocycles. The molecule has 3 rings (SSSR count). The number of anilines is 1. The van der Waals surface area contributed by atoms with Crippen LogP contribution >= 0.6 is 11.8 Å². The summed E-state index contributed by atoms with van der Waals surface area (Å²) in [6, 6.07) is 13.6. The minimum absolute atomic E-state index is 0.530. The van der Waals surface area contributed by atoms with Gasteiger partial charge < -0.3 is 5.73 Å². The lowest BCUT2D eigenvalue weighted by Gasteiger charge is -2.04. The monoisotopic (exact) mass is 268 g/mol. The van der Waals surface area contributed by atoms with Crippen LogP contribution in [0.25, 0.3) is 10.9 Å². The van der Waals surface area contributed by atoms with Crippen molar-refractivity contribution in [2.24, 2.45) is 0 Å². The van der Waals surface area contributed by atoms with Crippen molar-refractivity contribution in [3.8, 4) is 0 Å². The van der Waals surface area contributed by atoms with Gasteiger partial charge in [-0.1, -0.05) is 30.0 Å². The lowest BCUT2D eigenvalue weighted by Crippen LogP contribution is -1.99. The van der Waals surface area contributed by atoms with Gasteiger partial charge in [-0.25, -0.2) is 15.0 Å². The summed E-state index contributed by atoms with van der Waals surface area (Å²) in [4.78, 5) is 13.1. The van der Waals surface area contributed by atoms with Gasteiger partial charge in [-0.15, -0.1) is 0 Å². The van der Waals surface area contributed by atoms with Crippen LogP contribution in [-0.2, 0) is 5.75 Å². The number of nitrogens with zero attached hydrogens (tertiary/aromatic N) is 3. The van der Waals surface area contributed by atoms with E-state index in [1.54, 1.807) is 18.0 Å². The van der Waals surface area contributed by atoms with Crippen molar-refractivity contribution in [2.45, 2.75) is 10.8 Å². The van der Waals surface area contributed by atoms with Gasteiger partial charge >= 0.3 is 0 Å². The minimum atomic E-state index is 0.530. The first-order chi connectivity index (χ1) is 9.33. The molecule has 2 N–H and O–H groups in total. The van der Waals surface area contributed by atoms with E-state index in [1.165, 1.54) is 0 Å². The van der Waals surface area contributed by atoms with E-state index in [1.807, 2.05) is 42.5 Å². The maximum Gasteiger partial charge on any atom is 0.141 e. The molecular formula is C14H12N4S. The van der Waals surface area contributed by atoms with Crippen molar-refractivity contribution in [3.63, 3.8) is 0 Å². The molecule has 2 heterocycles. The molecule has 4 nitrogen and oxygen atoms in total. The lowest BCUT2D eigenvalue weighted by molar-refractivity contribution is 1.06. The summed E-state index contributed by atoms with van der Waals surface area (Å²) in [5.74, 6) is 1.92. The highest BCUT2D eigenvalue weighted by atomic mass is 32.2. The predicted octanol–water partition coefficient (Wildman–Crippen LogP) is 2.90. The molecule has 0 spiro atoms. The Balaban J connectivity index is 1.85. The fourth-order valence-electron chi connectivity index (χ4n) is 1.79. The van der Waals surface area contributed by atoms with E-state index in [0.29, 0.717) is 11.6 Å². The van der Waals surface area contributed by atoms with E-state index in [9.17, 15) is 0 Å². The quantitative estimate of drug-likeness (QED) is 0.740. The van der Waals surface area contributed by atoms with Crippen LogP contribution in [-0.4, -0.2) is 15.0 Å². The van der Waals surface area contributed by atoms with E-state index >= 15 is 0 Å². The number of aromatic nitrogens is 3. The zero-order chi connectivity index (χ0) is 13.1. The number of para-hydroxylation sites is 1. The van der Waals surface area contributed by atoms with Crippen LogP contribution in [0.5, 0.6) is 0 Å². The number of nitrogen functional groups attached to an aromatic ring is 1. The summed E-state index contributed by atoms with van der Waals surface area (Å²) >= 11 is 1.60. The Morgan fingerprint density at radius 3 is 2.68 bits per heavy atom. The second-order valence-corrected chi connectivity index (χ2v) is 4.99. The van der Waals surface area contributed by atoms with Crippen LogP contribution in [0.3, 0.4) is 0 Å². The SMILES string of the molecule is Nc1nc(CSc2ccccn2)nc2ccccc12. The first-order valence-electron chi connectivity index (χ1n) is 5.88. The Hall–Kier alpha value is -2.14. The maximum absolute atomic E-state index is 5.95. The standard InChI is InChI=1S/C14H12N4S/c15-14-10-5-1-2-6-11(10)17-12(18-14)9-19-13-7-3-4-8-16-13/h1-8H,9H2,(H2,15,17,18). The van der Waals surface area contributed by atoms with Crippen LogP contribution in [0.2, 0.25) is 0 Å². The number of thioether (sulfide) groups is 1. The third-order valence-corrected chi connectivity index (χ3v) is 3.61. The van der Waals surface area contributed by atoms with Crippen LogP contribution in [0.1, 0.15) is 5.82 Å². The van der Waals surface area contributed by atoms with Gasteiger partial charge in [0.2, 0.25) is 0 Å². The fraction of sp³-hybridized carbons (Fsp3) is 0.0714. The van der Waals surface area contributed by atoms with Crippen molar-refractivity contribution in [1.29, 1.82) is 0 Å². The average molecular weight is 268 g/mol. The average Bonchev–Trinajstić information content (AvgIpc) is 2.46. The fourth-order valence-corrected chi connectivity index (χ4v) is 2.50. The first-order valence-corrected chi connectivity index (χ1v) is 6.86. The van der Waals surface area contributed by atoms with Gasteiger partial charge in [0.1, 0.15) is 11.6 Å². The summed E-state index contributed by atoms with van der Waals surface area (Å²) in [6.45, 7) is 0. The molecule has 19 heavy (non-hydrogen) atoms. The molecule has 3 aromatic rings. The van der Waals surface area contributed by atoms with Gasteiger partial charge in [-0.05, 0) is 24.3 Å². The van der Waals surface area contributed by atoms with Gasteiger partial charge in [-0.2, -0.15) is 0 Å². The summed E-state index contributed by atoms with van der Waals surface area (Å²) in [7, 11) is 0. The van der Waals surface area contributed by atoms with Gasteiger partial charge in [0.25, 0.3) is 0 Å². The van der Waals surface area contributed by atoms with Gasteiger partial charge in [0.05, 0.1) is 16.3 Å². The second-order valence-electron chi connectivity index (χ2n) is 4.00. The zero-order valence-corrected chi connectivity index (χ0v) is 11.0. The highest BCUT2D eigenvalue weighted by Gasteiger charge is 2.05. The molecule has 0 unspecified atom stereocenters. The highest BCUT2D eigenvalue weighted by Crippen LogP contribution is 2.22. The third-order valence-electron chi connectivity index (χ3n) is 2.67. The summed E-state index contributed by atoms with van der Waals surface area (Å²) < 4.78 is 0. The van der Waals surface area contributed by atoms with Gasteiger partial charge in [-0.3, -0.25) is 0 Å². The number of fused-ring (bicyclic) bond motifs is 1. The van der Waals surface area contributed by atoms with E-state index in [2.05, 4.69) is 15.0 Å². The van der Waals surface area contributed by atoms with E-state index in [-0.39, 0.29) is 0 Å². The Morgan fingerprint density at radius 2 is 1.84 bits per heavy atom. The van der Waals surface area contributed by atoms with Crippen molar-refractivity contribution in [3.05, 3.63) is 54.5 Å². The maximum atomic E-state index is 5.95. The zero-order valence-electron chi connectivity index (χ0n) is 10.2. The summed E-state index contributed by atoms with van der Waals surface area (Å²) in [5, 5.41) is 1.85. The van der Waals surface area contributed by atoms with Gasteiger partial charge in [0, 0.05) is 11.6 Å². The second kappa shape index (κ2) is 5.24. The highest BCUT2D eigenvalue weighted by molar-refractivity contribution is 7.98. The van der Waals surface area contributed by atoms with E-state index in [0.717, 1.165) is 21.8 Å². The molecule has 0 amide bonds. The largest absolute Gasteiger partial charge is 0.383 e. The molecule has 0 aliphatic rings. The van der Waals surface area contributed by atoms with E-state index in [4.69, 9.17) is 5.73 Å². The molecule has 1 aromatic carbocycles. The number of nitrogens with two attached hydrogens (primary N) is 1. The molecular weight excluding hydrogens is 256 g/mol. The van der Waals surface area contributed by atoms with Crippen LogP contribution < -0.4 is 5.73 Å². The number of rotatable bonds is 3. The number of hydrogen-bond donors (Lipinski definition) is 1. The Morgan fingerprint density at radius 1 is 1.00 bits per heavy atom. The van der Waals surface area contributed by atoms with Crippen molar-refractivity contribution >= 4 is 28.5 Å². The smallest absolute Gasteiger partial charge is 0.141 e. The molecule has 0 radical (unpaired) electrons. The Kier molecular flexibility index (Phi) is 3.29. The molecule has 0 saturated heterocycles. The number of benzene rings is 1. The van der Waals surface area contributed by atoms with Crippen LogP contribution in [0, 0.1) is 0 Å². The van der Waals surface area contributed by atoms with Crippen molar-refractivity contribution < 1.29 is 0 Å². The number of pyridine rings is 1. The summed E-state index contributed by atoms with van der Waals surface area (Å²) in [6.07, 6.45) is 1.78. The van der Waals surface area contributed by atoms with Crippen molar-refractivity contribution in [2.75, 3.05) is 5.73 Å². The normalized spacial score (nSPS) is 10.7. The molecule has 0 fully saturated rings. The minimum Gasteiger partial charge on any atom is -0.383 e. The van der Waals surface area contributed by atoms with Gasteiger partial charge in [0.15, 0.2) is 0 Å². The molecule has 0 bridgehead atoms.